The third-order valence-electron chi connectivity index (χ3n) is 4.80. The zero-order valence-corrected chi connectivity index (χ0v) is 14.2. The average molecular weight is 374 g/mol. The SMILES string of the molecule is O=C1CCCCC1SC1CC2CCC1C2.O=S(=O)(O)C(F)(F)F. The summed E-state index contributed by atoms with van der Waals surface area (Å²) in [4.78, 5) is 11.8. The van der Waals surface area contributed by atoms with Gasteiger partial charge >= 0.3 is 15.6 Å². The van der Waals surface area contributed by atoms with Crippen LogP contribution >= 0.6 is 11.8 Å². The summed E-state index contributed by atoms with van der Waals surface area (Å²) < 4.78 is 57.5. The Hall–Kier alpha value is -0.280. The molecule has 3 rings (SSSR count). The number of hydrogen-bond acceptors (Lipinski definition) is 4. The Bertz CT molecular complexity index is 533. The molecule has 4 atom stereocenters. The highest BCUT2D eigenvalue weighted by atomic mass is 32.2. The van der Waals surface area contributed by atoms with E-state index < -0.39 is 15.6 Å². The van der Waals surface area contributed by atoms with Gasteiger partial charge in [0, 0.05) is 11.7 Å². The summed E-state index contributed by atoms with van der Waals surface area (Å²) in [5.74, 6) is 2.54. The maximum atomic E-state index is 11.8. The zero-order valence-electron chi connectivity index (χ0n) is 12.6. The Labute approximate surface area is 138 Å². The molecule has 134 valence electrons. The molecule has 0 aromatic carbocycles. The van der Waals surface area contributed by atoms with Gasteiger partial charge in [0.05, 0.1) is 5.25 Å². The van der Waals surface area contributed by atoms with Crippen molar-refractivity contribution in [3.8, 4) is 0 Å². The lowest BCUT2D eigenvalue weighted by atomic mass is 9.99. The van der Waals surface area contributed by atoms with Crippen molar-refractivity contribution in [2.45, 2.75) is 67.4 Å². The van der Waals surface area contributed by atoms with E-state index in [2.05, 4.69) is 0 Å². The molecule has 0 aliphatic heterocycles. The van der Waals surface area contributed by atoms with E-state index in [0.29, 0.717) is 11.0 Å². The number of hydrogen-bond donors (Lipinski definition) is 1. The van der Waals surface area contributed by atoms with Crippen LogP contribution in [0.3, 0.4) is 0 Å². The molecule has 3 aliphatic rings. The van der Waals surface area contributed by atoms with Crippen molar-refractivity contribution in [3.63, 3.8) is 0 Å². The van der Waals surface area contributed by atoms with Gasteiger partial charge in [0.1, 0.15) is 5.78 Å². The van der Waals surface area contributed by atoms with Crippen LogP contribution in [-0.4, -0.2) is 34.8 Å². The summed E-state index contributed by atoms with van der Waals surface area (Å²) in [5.41, 5.74) is -5.53. The number of rotatable bonds is 2. The van der Waals surface area contributed by atoms with Crippen LogP contribution in [0.4, 0.5) is 13.2 Å². The molecule has 0 aromatic heterocycles. The van der Waals surface area contributed by atoms with Crippen LogP contribution in [0.15, 0.2) is 0 Å². The first-order chi connectivity index (χ1) is 10.6. The number of ketones is 1. The molecule has 4 unspecified atom stereocenters. The highest BCUT2D eigenvalue weighted by Gasteiger charge is 2.44. The van der Waals surface area contributed by atoms with Crippen LogP contribution in [0.5, 0.6) is 0 Å². The van der Waals surface area contributed by atoms with E-state index in [1.54, 1.807) is 0 Å². The van der Waals surface area contributed by atoms with E-state index in [4.69, 9.17) is 13.0 Å². The minimum absolute atomic E-state index is 0.378. The fourth-order valence-electron chi connectivity index (χ4n) is 3.66. The normalized spacial score (nSPS) is 34.2. The Kier molecular flexibility index (Phi) is 6.05. The summed E-state index contributed by atoms with van der Waals surface area (Å²) in [6.45, 7) is 0. The van der Waals surface area contributed by atoms with E-state index in [9.17, 15) is 18.0 Å². The van der Waals surface area contributed by atoms with Gasteiger partial charge in [0.15, 0.2) is 0 Å². The van der Waals surface area contributed by atoms with Crippen LogP contribution in [0.25, 0.3) is 0 Å². The molecule has 9 heteroatoms. The van der Waals surface area contributed by atoms with Crippen molar-refractivity contribution in [1.82, 2.24) is 0 Å². The summed E-state index contributed by atoms with van der Waals surface area (Å²) in [6, 6.07) is 0. The molecule has 4 nitrogen and oxygen atoms in total. The maximum absolute atomic E-state index is 11.8. The van der Waals surface area contributed by atoms with Crippen molar-refractivity contribution in [3.05, 3.63) is 0 Å². The van der Waals surface area contributed by atoms with E-state index in [0.717, 1.165) is 36.3 Å². The minimum Gasteiger partial charge on any atom is -0.298 e. The second-order valence-electron chi connectivity index (χ2n) is 6.47. The van der Waals surface area contributed by atoms with Gasteiger partial charge in [-0.05, 0) is 43.9 Å². The number of thioether (sulfide) groups is 1. The fraction of sp³-hybridized carbons (Fsp3) is 0.929. The van der Waals surface area contributed by atoms with Crippen LogP contribution in [0.1, 0.15) is 51.4 Å². The van der Waals surface area contributed by atoms with Crippen molar-refractivity contribution >= 4 is 27.7 Å². The molecule has 3 fully saturated rings. The third-order valence-corrected chi connectivity index (χ3v) is 7.14. The van der Waals surface area contributed by atoms with Gasteiger partial charge in [-0.2, -0.15) is 21.6 Å². The van der Waals surface area contributed by atoms with Gasteiger partial charge in [-0.25, -0.2) is 0 Å². The Morgan fingerprint density at radius 1 is 1.09 bits per heavy atom. The lowest BCUT2D eigenvalue weighted by Crippen LogP contribution is -2.26. The molecular formula is C14H21F3O4S2. The van der Waals surface area contributed by atoms with E-state index in [1.807, 2.05) is 11.8 Å². The van der Waals surface area contributed by atoms with Crippen LogP contribution in [0, 0.1) is 11.8 Å². The van der Waals surface area contributed by atoms with Gasteiger partial charge in [-0.3, -0.25) is 9.35 Å². The zero-order chi connectivity index (χ0) is 17.3. The number of halogens is 3. The Morgan fingerprint density at radius 2 is 1.74 bits per heavy atom. The third kappa shape index (κ3) is 5.09. The highest BCUT2D eigenvalue weighted by molar-refractivity contribution is 8.01. The van der Waals surface area contributed by atoms with Gasteiger partial charge < -0.3 is 0 Å². The Morgan fingerprint density at radius 3 is 2.17 bits per heavy atom. The van der Waals surface area contributed by atoms with E-state index >= 15 is 0 Å². The van der Waals surface area contributed by atoms with Crippen LogP contribution in [0.2, 0.25) is 0 Å². The molecule has 0 saturated heterocycles. The van der Waals surface area contributed by atoms with E-state index in [1.165, 1.54) is 32.1 Å². The largest absolute Gasteiger partial charge is 0.522 e. The van der Waals surface area contributed by atoms with Gasteiger partial charge in [-0.15, -0.1) is 11.8 Å². The lowest BCUT2D eigenvalue weighted by Gasteiger charge is -2.27. The van der Waals surface area contributed by atoms with Crippen molar-refractivity contribution in [2.24, 2.45) is 11.8 Å². The topological polar surface area (TPSA) is 71.4 Å². The smallest absolute Gasteiger partial charge is 0.298 e. The number of carbonyl (C=O) groups is 1. The number of Topliss-reactive ketones (excluding diaryl/α,β-unsaturated/α-hetero) is 1. The summed E-state index contributed by atoms with van der Waals surface area (Å²) in [7, 11) is -5.84. The van der Waals surface area contributed by atoms with Gasteiger partial charge in [0.25, 0.3) is 0 Å². The molecule has 2 bridgehead atoms. The average Bonchev–Trinajstić information content (AvgIpc) is 3.02. The lowest BCUT2D eigenvalue weighted by molar-refractivity contribution is -0.119. The van der Waals surface area contributed by atoms with Crippen LogP contribution < -0.4 is 0 Å². The number of alkyl halides is 3. The predicted molar refractivity (Wildman–Crippen MR) is 81.7 cm³/mol. The molecular weight excluding hydrogens is 353 g/mol. The molecule has 0 aromatic rings. The first-order valence-corrected chi connectivity index (χ1v) is 10.2. The molecule has 0 amide bonds. The highest BCUT2D eigenvalue weighted by Crippen LogP contribution is 2.51. The summed E-state index contributed by atoms with van der Waals surface area (Å²) >= 11 is 2.05. The molecule has 0 heterocycles. The fourth-order valence-corrected chi connectivity index (χ4v) is 5.51. The molecule has 3 saturated carbocycles. The molecule has 1 N–H and O–H groups in total. The summed E-state index contributed by atoms with van der Waals surface area (Å²) in [5, 5.41) is 1.22. The van der Waals surface area contributed by atoms with Crippen molar-refractivity contribution in [2.75, 3.05) is 0 Å². The standard InChI is InChI=1S/C13H20OS.CHF3O3S/c14-11-3-1-2-4-12(11)15-13-8-9-5-6-10(13)7-9;2-1(3,4)8(5,6)7/h9-10,12-13H,1-8H2;(H,5,6,7). The quantitative estimate of drug-likeness (QED) is 0.588. The Balaban J connectivity index is 0.000000207. The van der Waals surface area contributed by atoms with Crippen molar-refractivity contribution < 1.29 is 30.9 Å². The molecule has 0 radical (unpaired) electrons. The molecule has 23 heavy (non-hydrogen) atoms. The predicted octanol–water partition coefficient (Wildman–Crippen LogP) is 3.81. The molecule has 3 aliphatic carbocycles. The number of fused-ring (bicyclic) bond motifs is 2. The second kappa shape index (κ2) is 7.31. The van der Waals surface area contributed by atoms with Gasteiger partial charge in [0.2, 0.25) is 0 Å². The monoisotopic (exact) mass is 374 g/mol. The second-order valence-corrected chi connectivity index (χ2v) is 9.33. The van der Waals surface area contributed by atoms with Gasteiger partial charge in [-0.1, -0.05) is 12.8 Å². The van der Waals surface area contributed by atoms with E-state index in [-0.39, 0.29) is 0 Å². The molecule has 0 spiro atoms. The summed E-state index contributed by atoms with van der Waals surface area (Å²) in [6.07, 6.45) is 10.3. The minimum atomic E-state index is -5.84. The first kappa shape index (κ1) is 19.1. The maximum Gasteiger partial charge on any atom is 0.522 e. The first-order valence-electron chi connectivity index (χ1n) is 7.80. The van der Waals surface area contributed by atoms with Crippen molar-refractivity contribution in [1.29, 1.82) is 0 Å². The van der Waals surface area contributed by atoms with Crippen LogP contribution in [-0.2, 0) is 14.9 Å². The number of carbonyl (C=O) groups excluding carboxylic acids is 1.